The number of aliphatic hydroxyl groups excluding tert-OH is 1. The van der Waals surface area contributed by atoms with Crippen LogP contribution in [0.1, 0.15) is 18.1 Å². The second-order valence-corrected chi connectivity index (χ2v) is 6.89. The average molecular weight is 428 g/mol. The Morgan fingerprint density at radius 1 is 0.967 bits per heavy atom. The van der Waals surface area contributed by atoms with Gasteiger partial charge in [0, 0.05) is 24.4 Å². The Hall–Kier alpha value is -2.86. The van der Waals surface area contributed by atoms with Gasteiger partial charge in [-0.2, -0.15) is 0 Å². The van der Waals surface area contributed by atoms with Crippen LogP contribution in [0.4, 0.5) is 5.69 Å². The lowest BCUT2D eigenvalue weighted by Gasteiger charge is -2.35. The van der Waals surface area contributed by atoms with Crippen LogP contribution in [0.15, 0.2) is 84.9 Å². The minimum absolute atomic E-state index is 0.587. The number of carboxylic acid groups (broad SMARTS) is 1. The summed E-state index contributed by atoms with van der Waals surface area (Å²) in [6, 6.07) is 25.4. The van der Waals surface area contributed by atoms with Crippen molar-refractivity contribution in [2.75, 3.05) is 19.0 Å². The number of anilines is 1. The van der Waals surface area contributed by atoms with E-state index < -0.39 is 17.7 Å². The van der Waals surface area contributed by atoms with Gasteiger partial charge in [0.05, 0.1) is 0 Å². The van der Waals surface area contributed by atoms with Crippen LogP contribution < -0.4 is 5.32 Å². The number of hydrogen-bond donors (Lipinski definition) is 3. The highest BCUT2D eigenvalue weighted by Gasteiger charge is 2.45. The summed E-state index contributed by atoms with van der Waals surface area (Å²) in [6.45, 7) is 3.01. The summed E-state index contributed by atoms with van der Waals surface area (Å²) in [6.07, 6.45) is -1.71. The van der Waals surface area contributed by atoms with E-state index in [1.807, 2.05) is 36.4 Å². The molecule has 6 heteroatoms. The first-order valence-corrected chi connectivity index (χ1v) is 9.90. The van der Waals surface area contributed by atoms with Crippen molar-refractivity contribution in [1.29, 1.82) is 0 Å². The number of aliphatic carboxylic acids is 1. The number of nitrogens with one attached hydrogen (secondary N) is 1. The van der Waals surface area contributed by atoms with E-state index in [0.29, 0.717) is 11.1 Å². The molecule has 0 heterocycles. The van der Waals surface area contributed by atoms with Gasteiger partial charge in [-0.1, -0.05) is 72.3 Å². The number of rotatable bonds is 7. The van der Waals surface area contributed by atoms with Crippen LogP contribution in [0.3, 0.4) is 0 Å². The molecule has 1 atom stereocenters. The minimum Gasteiger partial charge on any atom is -0.479 e. The third-order valence-corrected chi connectivity index (χ3v) is 4.82. The smallest absolute Gasteiger partial charge is 0.336 e. The molecule has 0 fully saturated rings. The van der Waals surface area contributed by atoms with Gasteiger partial charge in [0.15, 0.2) is 11.7 Å². The maximum atomic E-state index is 11.3. The molecule has 3 aromatic carbocycles. The van der Waals surface area contributed by atoms with Crippen molar-refractivity contribution in [3.05, 3.63) is 101 Å². The molecule has 158 valence electrons. The summed E-state index contributed by atoms with van der Waals surface area (Å²) < 4.78 is 5.50. The molecular formula is C24H26ClNO4. The van der Waals surface area contributed by atoms with Gasteiger partial charge in [-0.25, -0.2) is 4.79 Å². The zero-order chi connectivity index (χ0) is 22.0. The van der Waals surface area contributed by atoms with Gasteiger partial charge in [-0.05, 0) is 42.3 Å². The molecule has 3 N–H and O–H groups in total. The summed E-state index contributed by atoms with van der Waals surface area (Å²) >= 11 is 5.68. The molecule has 3 aromatic rings. The molecule has 0 aliphatic rings. The Kier molecular flexibility index (Phi) is 8.87. The Bertz CT molecular complexity index is 862. The van der Waals surface area contributed by atoms with E-state index >= 15 is 0 Å². The van der Waals surface area contributed by atoms with Crippen LogP contribution in [0.5, 0.6) is 0 Å². The van der Waals surface area contributed by atoms with Gasteiger partial charge in [0.1, 0.15) is 0 Å². The molecule has 30 heavy (non-hydrogen) atoms. The third kappa shape index (κ3) is 5.60. The van der Waals surface area contributed by atoms with Gasteiger partial charge in [0.25, 0.3) is 0 Å². The fraction of sp³-hybridized carbons (Fsp3) is 0.208. The Morgan fingerprint density at radius 3 is 1.80 bits per heavy atom. The monoisotopic (exact) mass is 427 g/mol. The first kappa shape index (κ1) is 23.4. The topological polar surface area (TPSA) is 78.8 Å². The lowest BCUT2D eigenvalue weighted by Crippen LogP contribution is -2.47. The molecule has 0 aromatic heterocycles. The van der Waals surface area contributed by atoms with Crippen molar-refractivity contribution in [3.8, 4) is 0 Å². The van der Waals surface area contributed by atoms with Crippen LogP contribution in [0.25, 0.3) is 0 Å². The number of carboxylic acids is 1. The number of ether oxygens (including phenoxy) is 1. The average Bonchev–Trinajstić information content (AvgIpc) is 2.78. The largest absolute Gasteiger partial charge is 0.479 e. The van der Waals surface area contributed by atoms with Gasteiger partial charge in [-0.15, -0.1) is 0 Å². The zero-order valence-corrected chi connectivity index (χ0v) is 17.7. The molecule has 0 saturated carbocycles. The predicted octanol–water partition coefficient (Wildman–Crippen LogP) is 4.79. The standard InChI is InChI=1S/C16H16O4.C8H10ClN/c1-20-16(14(17)15(18)19,12-8-4-2-5-9-12)13-10-6-3-7-11-13;1-2-10-8-5-3-7(9)4-6-8/h2-11,14,17H,1H3,(H,18,19);3-6,10H,2H2,1H3/t14-;/m1./s1. The Labute approximate surface area is 181 Å². The predicted molar refractivity (Wildman–Crippen MR) is 120 cm³/mol. The molecule has 0 bridgehead atoms. The van der Waals surface area contributed by atoms with Crippen LogP contribution in [-0.4, -0.2) is 35.9 Å². The quantitative estimate of drug-likeness (QED) is 0.505. The molecule has 0 aliphatic carbocycles. The molecule has 0 saturated heterocycles. The number of methoxy groups -OCH3 is 1. The highest BCUT2D eigenvalue weighted by molar-refractivity contribution is 6.30. The van der Waals surface area contributed by atoms with Crippen molar-refractivity contribution in [2.45, 2.75) is 18.6 Å². The molecule has 0 radical (unpaired) electrons. The molecule has 0 unspecified atom stereocenters. The summed E-state index contributed by atoms with van der Waals surface area (Å²) in [7, 11) is 1.40. The van der Waals surface area contributed by atoms with Crippen LogP contribution in [0.2, 0.25) is 5.02 Å². The molecule has 3 rings (SSSR count). The fourth-order valence-corrected chi connectivity index (χ4v) is 3.27. The Morgan fingerprint density at radius 2 is 1.43 bits per heavy atom. The van der Waals surface area contributed by atoms with Gasteiger partial charge in [-0.3, -0.25) is 0 Å². The van der Waals surface area contributed by atoms with Crippen molar-refractivity contribution in [2.24, 2.45) is 0 Å². The van der Waals surface area contributed by atoms with E-state index in [4.69, 9.17) is 16.3 Å². The number of benzene rings is 3. The fourth-order valence-electron chi connectivity index (χ4n) is 3.15. The van der Waals surface area contributed by atoms with Crippen molar-refractivity contribution in [3.63, 3.8) is 0 Å². The maximum Gasteiger partial charge on any atom is 0.336 e. The second kappa shape index (κ2) is 11.4. The van der Waals surface area contributed by atoms with Crippen LogP contribution in [-0.2, 0) is 15.1 Å². The molecule has 0 amide bonds. The number of hydrogen-bond acceptors (Lipinski definition) is 4. The molecule has 0 aliphatic heterocycles. The van der Waals surface area contributed by atoms with Gasteiger partial charge in [0.2, 0.25) is 0 Å². The van der Waals surface area contributed by atoms with Crippen molar-refractivity contribution >= 4 is 23.3 Å². The van der Waals surface area contributed by atoms with E-state index in [1.54, 1.807) is 48.5 Å². The molecule has 5 nitrogen and oxygen atoms in total. The Balaban J connectivity index is 0.000000269. The minimum atomic E-state index is -1.71. The molecule has 0 spiro atoms. The maximum absolute atomic E-state index is 11.3. The number of carbonyl (C=O) groups is 1. The lowest BCUT2D eigenvalue weighted by molar-refractivity contribution is -0.163. The van der Waals surface area contributed by atoms with E-state index in [0.717, 1.165) is 17.3 Å². The summed E-state index contributed by atoms with van der Waals surface area (Å²) in [5.41, 5.74) is 0.855. The molecular weight excluding hydrogens is 402 g/mol. The van der Waals surface area contributed by atoms with Crippen LogP contribution in [0, 0.1) is 0 Å². The summed E-state index contributed by atoms with van der Waals surface area (Å²) in [5, 5.41) is 23.4. The number of halogens is 1. The lowest BCUT2D eigenvalue weighted by atomic mass is 9.81. The summed E-state index contributed by atoms with van der Waals surface area (Å²) in [4.78, 5) is 11.3. The second-order valence-electron chi connectivity index (χ2n) is 6.45. The van der Waals surface area contributed by atoms with E-state index in [9.17, 15) is 15.0 Å². The highest BCUT2D eigenvalue weighted by atomic mass is 35.5. The van der Waals surface area contributed by atoms with Crippen molar-refractivity contribution in [1.82, 2.24) is 0 Å². The normalized spacial score (nSPS) is 11.7. The van der Waals surface area contributed by atoms with E-state index in [1.165, 1.54) is 7.11 Å². The van der Waals surface area contributed by atoms with Gasteiger partial charge >= 0.3 is 5.97 Å². The summed E-state index contributed by atoms with van der Waals surface area (Å²) in [5.74, 6) is -1.33. The zero-order valence-electron chi connectivity index (χ0n) is 17.0. The van der Waals surface area contributed by atoms with E-state index in [2.05, 4.69) is 12.2 Å². The number of aliphatic hydroxyl groups is 1. The van der Waals surface area contributed by atoms with E-state index in [-0.39, 0.29) is 0 Å². The third-order valence-electron chi connectivity index (χ3n) is 4.57. The highest BCUT2D eigenvalue weighted by Crippen LogP contribution is 2.36. The first-order valence-electron chi connectivity index (χ1n) is 9.52. The SMILES string of the molecule is CCNc1ccc(Cl)cc1.COC(c1ccccc1)(c1ccccc1)[C@H](O)C(=O)O. The first-order chi connectivity index (χ1) is 14.5. The van der Waals surface area contributed by atoms with Crippen LogP contribution >= 0.6 is 11.6 Å². The van der Waals surface area contributed by atoms with Gasteiger partial charge < -0.3 is 20.3 Å². The van der Waals surface area contributed by atoms with Crippen molar-refractivity contribution < 1.29 is 19.7 Å².